The van der Waals surface area contributed by atoms with E-state index in [-0.39, 0.29) is 0 Å². The average molecular weight is 251 g/mol. The Labute approximate surface area is 115 Å². The van der Waals surface area contributed by atoms with E-state index in [1.54, 1.807) is 0 Å². The summed E-state index contributed by atoms with van der Waals surface area (Å²) in [6.45, 7) is 2.22. The predicted molar refractivity (Wildman–Crippen MR) is 80.1 cm³/mol. The first-order valence-corrected chi connectivity index (χ1v) is 7.34. The molecule has 0 radical (unpaired) electrons. The number of hydrogen-bond donors (Lipinski definition) is 0. The van der Waals surface area contributed by atoms with Crippen molar-refractivity contribution >= 4 is 0 Å². The first-order chi connectivity index (χ1) is 9.33. The molecule has 98 valence electrons. The topological polar surface area (TPSA) is 12.9 Å². The zero-order valence-corrected chi connectivity index (χ0v) is 11.6. The molecular formula is C18H21N. The van der Waals surface area contributed by atoms with E-state index in [2.05, 4.69) is 48.4 Å². The number of nitrogens with zero attached hydrogens (tertiary/aromatic N) is 1. The van der Waals surface area contributed by atoms with Gasteiger partial charge in [0.15, 0.2) is 0 Å². The van der Waals surface area contributed by atoms with Gasteiger partial charge in [-0.1, -0.05) is 56.0 Å². The van der Waals surface area contributed by atoms with Gasteiger partial charge in [-0.25, -0.2) is 0 Å². The van der Waals surface area contributed by atoms with E-state index >= 15 is 0 Å². The minimum atomic E-state index is 0.892. The molecule has 0 bridgehead atoms. The molecule has 1 aromatic carbocycles. The van der Waals surface area contributed by atoms with Crippen LogP contribution in [0.25, 0.3) is 11.3 Å². The highest BCUT2D eigenvalue weighted by Crippen LogP contribution is 2.29. The van der Waals surface area contributed by atoms with E-state index in [0.29, 0.717) is 0 Å². The van der Waals surface area contributed by atoms with Gasteiger partial charge in [-0.2, -0.15) is 0 Å². The smallest absolute Gasteiger partial charge is 0.0704 e. The van der Waals surface area contributed by atoms with Crippen LogP contribution in [0.4, 0.5) is 0 Å². The summed E-state index contributed by atoms with van der Waals surface area (Å²) in [4.78, 5) is 4.65. The summed E-state index contributed by atoms with van der Waals surface area (Å²) >= 11 is 0. The van der Waals surface area contributed by atoms with Gasteiger partial charge in [-0.05, 0) is 36.5 Å². The number of rotatable bonds is 3. The molecule has 19 heavy (non-hydrogen) atoms. The van der Waals surface area contributed by atoms with Gasteiger partial charge in [0.1, 0.15) is 0 Å². The molecule has 0 N–H and O–H groups in total. The molecule has 0 saturated heterocycles. The first-order valence-electron chi connectivity index (χ1n) is 7.34. The van der Waals surface area contributed by atoms with Crippen LogP contribution in [0.15, 0.2) is 42.6 Å². The third kappa shape index (κ3) is 2.86. The van der Waals surface area contributed by atoms with Crippen molar-refractivity contribution < 1.29 is 0 Å². The molecule has 1 aliphatic rings. The van der Waals surface area contributed by atoms with Crippen molar-refractivity contribution in [3.8, 4) is 11.3 Å². The summed E-state index contributed by atoms with van der Waals surface area (Å²) in [7, 11) is 0. The lowest BCUT2D eigenvalue weighted by Crippen LogP contribution is -2.02. The zero-order chi connectivity index (χ0) is 13.1. The lowest BCUT2D eigenvalue weighted by atomic mass is 9.95. The van der Waals surface area contributed by atoms with Crippen LogP contribution >= 0.6 is 0 Å². The van der Waals surface area contributed by atoms with Gasteiger partial charge >= 0.3 is 0 Å². The van der Waals surface area contributed by atoms with Gasteiger partial charge in [0.25, 0.3) is 0 Å². The number of aromatic nitrogens is 1. The Morgan fingerprint density at radius 2 is 1.84 bits per heavy atom. The van der Waals surface area contributed by atoms with Gasteiger partial charge in [0, 0.05) is 11.8 Å². The maximum Gasteiger partial charge on any atom is 0.0704 e. The van der Waals surface area contributed by atoms with Gasteiger partial charge in [-0.3, -0.25) is 4.98 Å². The molecule has 1 nitrogen and oxygen atoms in total. The van der Waals surface area contributed by atoms with Gasteiger partial charge < -0.3 is 0 Å². The lowest BCUT2D eigenvalue weighted by Gasteiger charge is -2.12. The van der Waals surface area contributed by atoms with Crippen molar-refractivity contribution in [1.29, 1.82) is 0 Å². The Morgan fingerprint density at radius 1 is 1.11 bits per heavy atom. The fourth-order valence-electron chi connectivity index (χ4n) is 3.09. The molecular weight excluding hydrogens is 230 g/mol. The van der Waals surface area contributed by atoms with E-state index in [1.165, 1.54) is 48.8 Å². The monoisotopic (exact) mass is 251 g/mol. The highest BCUT2D eigenvalue weighted by atomic mass is 14.7. The molecule has 0 aliphatic heterocycles. The maximum absolute atomic E-state index is 4.65. The number of hydrogen-bond acceptors (Lipinski definition) is 1. The van der Waals surface area contributed by atoms with Crippen LogP contribution < -0.4 is 0 Å². The van der Waals surface area contributed by atoms with E-state index in [4.69, 9.17) is 0 Å². The summed E-state index contributed by atoms with van der Waals surface area (Å²) in [5.41, 5.74) is 5.12. The Kier molecular flexibility index (Phi) is 3.63. The molecule has 0 atom stereocenters. The first kappa shape index (κ1) is 12.4. The van der Waals surface area contributed by atoms with E-state index in [9.17, 15) is 0 Å². The van der Waals surface area contributed by atoms with Gasteiger partial charge in [-0.15, -0.1) is 0 Å². The fourth-order valence-corrected chi connectivity index (χ4v) is 3.09. The normalized spacial score (nSPS) is 15.8. The summed E-state index contributed by atoms with van der Waals surface area (Å²) in [5, 5.41) is 0. The third-order valence-corrected chi connectivity index (χ3v) is 4.27. The summed E-state index contributed by atoms with van der Waals surface area (Å²) in [6, 6.07) is 12.7. The third-order valence-electron chi connectivity index (χ3n) is 4.27. The quantitative estimate of drug-likeness (QED) is 0.764. The number of aryl methyl sites for hydroxylation is 1. The molecule has 0 spiro atoms. The highest BCUT2D eigenvalue weighted by molar-refractivity contribution is 5.59. The molecule has 1 fully saturated rings. The molecule has 1 aliphatic carbocycles. The standard InChI is InChI=1S/C18H21N/c1-14-11-18(16-9-3-2-4-10-16)19-13-17(14)12-15-7-5-6-8-15/h2-4,9-11,13,15H,5-8,12H2,1H3. The van der Waals surface area contributed by atoms with Crippen LogP contribution in [0.2, 0.25) is 0 Å². The van der Waals surface area contributed by atoms with Crippen LogP contribution in [-0.4, -0.2) is 4.98 Å². The van der Waals surface area contributed by atoms with E-state index in [0.717, 1.165) is 11.6 Å². The molecule has 3 rings (SSSR count). The van der Waals surface area contributed by atoms with Crippen molar-refractivity contribution in [3.05, 3.63) is 53.7 Å². The number of pyridine rings is 1. The molecule has 0 amide bonds. The van der Waals surface area contributed by atoms with Gasteiger partial charge in [0.05, 0.1) is 5.69 Å². The van der Waals surface area contributed by atoms with Crippen LogP contribution in [0.1, 0.15) is 36.8 Å². The molecule has 2 aromatic rings. The van der Waals surface area contributed by atoms with Crippen molar-refractivity contribution in [2.75, 3.05) is 0 Å². The Hall–Kier alpha value is -1.63. The van der Waals surface area contributed by atoms with Crippen LogP contribution in [0.5, 0.6) is 0 Å². The maximum atomic E-state index is 4.65. The van der Waals surface area contributed by atoms with Crippen molar-refractivity contribution in [1.82, 2.24) is 4.98 Å². The average Bonchev–Trinajstić information content (AvgIpc) is 2.95. The Balaban J connectivity index is 1.81. The minimum absolute atomic E-state index is 0.892. The second kappa shape index (κ2) is 5.56. The lowest BCUT2D eigenvalue weighted by molar-refractivity contribution is 0.544. The van der Waals surface area contributed by atoms with E-state index in [1.807, 2.05) is 6.07 Å². The summed E-state index contributed by atoms with van der Waals surface area (Å²) < 4.78 is 0. The zero-order valence-electron chi connectivity index (χ0n) is 11.6. The Bertz CT molecular complexity index is 539. The van der Waals surface area contributed by atoms with Crippen LogP contribution in [-0.2, 0) is 6.42 Å². The molecule has 1 heterocycles. The van der Waals surface area contributed by atoms with Gasteiger partial charge in [0.2, 0.25) is 0 Å². The second-order valence-corrected chi connectivity index (χ2v) is 5.72. The molecule has 1 saturated carbocycles. The molecule has 0 unspecified atom stereocenters. The minimum Gasteiger partial charge on any atom is -0.256 e. The van der Waals surface area contributed by atoms with Crippen LogP contribution in [0, 0.1) is 12.8 Å². The molecule has 1 aromatic heterocycles. The van der Waals surface area contributed by atoms with E-state index < -0.39 is 0 Å². The summed E-state index contributed by atoms with van der Waals surface area (Å²) in [6.07, 6.45) is 8.95. The van der Waals surface area contributed by atoms with Crippen molar-refractivity contribution in [3.63, 3.8) is 0 Å². The predicted octanol–water partition coefficient (Wildman–Crippen LogP) is 4.79. The largest absolute Gasteiger partial charge is 0.256 e. The Morgan fingerprint density at radius 3 is 2.53 bits per heavy atom. The van der Waals surface area contributed by atoms with Crippen molar-refractivity contribution in [2.24, 2.45) is 5.92 Å². The SMILES string of the molecule is Cc1cc(-c2ccccc2)ncc1CC1CCCC1. The molecule has 1 heteroatoms. The number of benzene rings is 1. The highest BCUT2D eigenvalue weighted by Gasteiger charge is 2.16. The van der Waals surface area contributed by atoms with Crippen LogP contribution in [0.3, 0.4) is 0 Å². The summed E-state index contributed by atoms with van der Waals surface area (Å²) in [5.74, 6) is 0.892. The van der Waals surface area contributed by atoms with Crippen molar-refractivity contribution in [2.45, 2.75) is 39.0 Å². The second-order valence-electron chi connectivity index (χ2n) is 5.72. The fraction of sp³-hybridized carbons (Fsp3) is 0.389.